The molecular weight excluding hydrogens is 950 g/mol. The maximum absolute atomic E-state index is 15.4. The van der Waals surface area contributed by atoms with Crippen LogP contribution in [0, 0.1) is 120 Å². The SMILES string of the molecule is CC[I+]c1cccc2ccccc12.Fc1c(F)c(F)c([B-](c2c(F)c(F)c(F)c(F)c2F)(c2c(F)c(F)c(F)c(F)c2F)c2c(F)c(F)c(F)c(F)c2F)c(F)c1F. The van der Waals surface area contributed by atoms with Gasteiger partial charge in [-0.3, -0.25) is 0 Å². The highest BCUT2D eigenvalue weighted by molar-refractivity contribution is 7.20. The van der Waals surface area contributed by atoms with Crippen LogP contribution in [0.15, 0.2) is 42.5 Å². The Morgan fingerprint density at radius 1 is 0.328 bits per heavy atom. The molecule has 0 aliphatic carbocycles. The minimum atomic E-state index is -7.22. The average molecular weight is 962 g/mol. The quantitative estimate of drug-likeness (QED) is 0.0484. The molecule has 22 heteroatoms. The fraction of sp³-hybridized carbons (Fsp3) is 0.0556. The number of benzene rings is 6. The number of alkyl halides is 1. The molecule has 0 heterocycles. The van der Waals surface area contributed by atoms with Crippen molar-refractivity contribution < 1.29 is 109 Å². The number of hydrogen-bond donors (Lipinski definition) is 0. The van der Waals surface area contributed by atoms with E-state index in [2.05, 4.69) is 49.4 Å². The molecular formula is C36H12BF20I. The lowest BCUT2D eigenvalue weighted by atomic mass is 9.12. The van der Waals surface area contributed by atoms with E-state index in [4.69, 9.17) is 0 Å². The van der Waals surface area contributed by atoms with E-state index in [-0.39, 0.29) is 21.2 Å². The molecule has 0 aliphatic heterocycles. The van der Waals surface area contributed by atoms with Gasteiger partial charge in [-0.1, -0.05) is 30.3 Å². The summed E-state index contributed by atoms with van der Waals surface area (Å²) in [6.45, 7) is 2.27. The standard InChI is InChI=1S/C24BF20.C12H12I/c26-5-1(6(27)14(35)21(42)13(5)34)25(2-7(28)15(36)22(43)16(37)8(2)29,3-9(30)17(38)23(44)18(39)10(3)31)4-11(32)19(40)24(45)20(41)12(4)33;1-2-13-12-9-5-7-10-6-3-4-8-11(10)12/h;3-9H,2H2,1H3/q-1;+1. The molecule has 0 unspecified atom stereocenters. The second-order valence-electron chi connectivity index (χ2n) is 11.7. The van der Waals surface area contributed by atoms with Crippen LogP contribution in [0.4, 0.5) is 87.8 Å². The Bertz CT molecular complexity index is 2260. The number of halogens is 21. The molecule has 0 aliphatic rings. The highest BCUT2D eigenvalue weighted by atomic mass is 127. The predicted octanol–water partition coefficient (Wildman–Crippen LogP) is 5.96. The van der Waals surface area contributed by atoms with Crippen LogP contribution in [0.3, 0.4) is 0 Å². The lowest BCUT2D eigenvalue weighted by Crippen LogP contribution is -3.62. The molecule has 0 fully saturated rings. The number of rotatable bonds is 6. The molecule has 0 aromatic heterocycles. The molecule has 0 saturated heterocycles. The van der Waals surface area contributed by atoms with Crippen LogP contribution >= 0.6 is 0 Å². The summed E-state index contributed by atoms with van der Waals surface area (Å²) < 4.78 is 297. The third-order valence-electron chi connectivity index (χ3n) is 8.72. The number of hydrogen-bond acceptors (Lipinski definition) is 0. The van der Waals surface area contributed by atoms with Gasteiger partial charge in [-0.15, -0.1) is 21.9 Å². The van der Waals surface area contributed by atoms with E-state index >= 15 is 35.1 Å². The highest BCUT2D eigenvalue weighted by Crippen LogP contribution is 2.30. The van der Waals surface area contributed by atoms with Gasteiger partial charge in [0.15, 0.2) is 73.4 Å². The first-order valence-electron chi connectivity index (χ1n) is 15.4. The zero-order valence-corrected chi connectivity index (χ0v) is 29.9. The smallest absolute Gasteiger partial charge is 0.207 e. The third kappa shape index (κ3) is 6.59. The van der Waals surface area contributed by atoms with Crippen molar-refractivity contribution in [1.82, 2.24) is 0 Å². The maximum atomic E-state index is 15.4. The second kappa shape index (κ2) is 16.3. The monoisotopic (exact) mass is 962 g/mol. The largest absolute Gasteiger partial charge is 0.313 e. The number of fused-ring (bicyclic) bond motifs is 1. The molecule has 306 valence electrons. The van der Waals surface area contributed by atoms with Crippen molar-refractivity contribution in [2.45, 2.75) is 6.92 Å². The summed E-state index contributed by atoms with van der Waals surface area (Å²) in [5.74, 6) is -71.4. The van der Waals surface area contributed by atoms with Gasteiger partial charge in [-0.05, 0) is 24.4 Å². The maximum Gasteiger partial charge on any atom is 0.313 e. The van der Waals surface area contributed by atoms with Crippen LogP contribution < -0.4 is 43.1 Å². The van der Waals surface area contributed by atoms with Crippen molar-refractivity contribution in [3.63, 3.8) is 0 Å². The summed E-state index contributed by atoms with van der Waals surface area (Å²) in [7, 11) is 0. The van der Waals surface area contributed by atoms with Crippen LogP contribution in [0.2, 0.25) is 0 Å². The lowest BCUT2D eigenvalue weighted by molar-refractivity contribution is -0.621. The normalized spacial score (nSPS) is 11.7. The zero-order valence-electron chi connectivity index (χ0n) is 27.8. The highest BCUT2D eigenvalue weighted by Gasteiger charge is 2.52. The molecule has 6 aromatic rings. The molecule has 6 rings (SSSR count). The summed E-state index contributed by atoms with van der Waals surface area (Å²) in [6, 6.07) is 15.3. The van der Waals surface area contributed by atoms with Gasteiger partial charge in [0, 0.05) is 5.39 Å². The topological polar surface area (TPSA) is 0 Å². The first kappa shape index (κ1) is 44.1. The van der Waals surface area contributed by atoms with E-state index in [1.807, 2.05) is 0 Å². The van der Waals surface area contributed by atoms with Gasteiger partial charge in [0.05, 0.1) is 0 Å². The van der Waals surface area contributed by atoms with Crippen molar-refractivity contribution in [3.8, 4) is 0 Å². The van der Waals surface area contributed by atoms with E-state index < -0.39 is 144 Å². The zero-order chi connectivity index (χ0) is 43.5. The molecule has 58 heavy (non-hydrogen) atoms. The Balaban J connectivity index is 0.000000414. The molecule has 6 aromatic carbocycles. The van der Waals surface area contributed by atoms with Crippen molar-refractivity contribution in [2.24, 2.45) is 0 Å². The predicted molar refractivity (Wildman–Crippen MR) is 162 cm³/mol. The van der Waals surface area contributed by atoms with E-state index in [9.17, 15) is 52.7 Å². The van der Waals surface area contributed by atoms with E-state index in [0.29, 0.717) is 0 Å². The van der Waals surface area contributed by atoms with Gasteiger partial charge in [-0.25, -0.2) is 87.8 Å². The molecule has 0 atom stereocenters. The summed E-state index contributed by atoms with van der Waals surface area (Å²) in [6.07, 6.45) is -7.22. The lowest BCUT2D eigenvalue weighted by Gasteiger charge is -2.44. The fourth-order valence-corrected chi connectivity index (χ4v) is 8.51. The summed E-state index contributed by atoms with van der Waals surface area (Å²) in [5.41, 5.74) is -14.3. The average Bonchev–Trinajstić information content (AvgIpc) is 3.21. The van der Waals surface area contributed by atoms with E-state index in [1.54, 1.807) is 3.57 Å². The Morgan fingerprint density at radius 3 is 0.845 bits per heavy atom. The van der Waals surface area contributed by atoms with Gasteiger partial charge in [-0.2, -0.15) is 0 Å². The van der Waals surface area contributed by atoms with Crippen molar-refractivity contribution >= 4 is 38.8 Å². The minimum absolute atomic E-state index is 0.228. The molecule has 0 spiro atoms. The van der Waals surface area contributed by atoms with Gasteiger partial charge in [0.25, 0.3) is 0 Å². The molecule has 0 N–H and O–H groups in total. The van der Waals surface area contributed by atoms with Crippen molar-refractivity contribution in [2.75, 3.05) is 4.43 Å². The van der Waals surface area contributed by atoms with Gasteiger partial charge in [0.2, 0.25) is 0 Å². The van der Waals surface area contributed by atoms with Gasteiger partial charge in [0.1, 0.15) is 57.1 Å². The Kier molecular flexibility index (Phi) is 12.4. The van der Waals surface area contributed by atoms with Gasteiger partial charge < -0.3 is 0 Å². The Labute approximate surface area is 320 Å². The minimum Gasteiger partial charge on any atom is -0.207 e. The fourth-order valence-electron chi connectivity index (χ4n) is 6.32. The van der Waals surface area contributed by atoms with E-state index in [1.165, 1.54) is 15.2 Å². The molecule has 0 saturated carbocycles. The van der Waals surface area contributed by atoms with Gasteiger partial charge >= 0.3 is 21.2 Å². The molecule has 0 nitrogen and oxygen atoms in total. The van der Waals surface area contributed by atoms with Crippen LogP contribution in [-0.4, -0.2) is 10.6 Å². The Hall–Kier alpha value is -5.03. The van der Waals surface area contributed by atoms with Crippen LogP contribution in [0.5, 0.6) is 0 Å². The third-order valence-corrected chi connectivity index (χ3v) is 11.2. The van der Waals surface area contributed by atoms with E-state index in [0.717, 1.165) is 0 Å². The molecule has 0 radical (unpaired) electrons. The summed E-state index contributed by atoms with van der Waals surface area (Å²) in [5, 5.41) is 2.84. The molecule has 0 amide bonds. The molecule has 0 bridgehead atoms. The van der Waals surface area contributed by atoms with Crippen LogP contribution in [0.1, 0.15) is 6.92 Å². The summed E-state index contributed by atoms with van der Waals surface area (Å²) >= 11 is 0.228. The van der Waals surface area contributed by atoms with Crippen LogP contribution in [0.25, 0.3) is 10.8 Å². The summed E-state index contributed by atoms with van der Waals surface area (Å²) in [4.78, 5) is 0. The first-order chi connectivity index (χ1) is 27.1. The second-order valence-corrected chi connectivity index (χ2v) is 15.1. The van der Waals surface area contributed by atoms with Crippen LogP contribution in [-0.2, 0) is 0 Å². The Morgan fingerprint density at radius 2 is 0.569 bits per heavy atom. The first-order valence-corrected chi connectivity index (χ1v) is 18.0. The van der Waals surface area contributed by atoms with Crippen molar-refractivity contribution in [3.05, 3.63) is 162 Å². The van der Waals surface area contributed by atoms with Crippen molar-refractivity contribution in [1.29, 1.82) is 0 Å².